The van der Waals surface area contributed by atoms with Gasteiger partial charge in [0, 0.05) is 6.20 Å². The van der Waals surface area contributed by atoms with Crippen LogP contribution >= 0.6 is 0 Å². The molecule has 0 spiro atoms. The predicted octanol–water partition coefficient (Wildman–Crippen LogP) is 3.32. The molecule has 0 aromatic carbocycles. The van der Waals surface area contributed by atoms with Gasteiger partial charge in [-0.3, -0.25) is 9.88 Å². The number of carbonyl (C=O) groups is 1. The van der Waals surface area contributed by atoms with Crippen molar-refractivity contribution in [1.82, 2.24) is 9.88 Å². The highest BCUT2D eigenvalue weighted by Gasteiger charge is 2.50. The van der Waals surface area contributed by atoms with Crippen LogP contribution in [0.15, 0.2) is 30.6 Å². The fourth-order valence-corrected chi connectivity index (χ4v) is 3.47. The zero-order valence-corrected chi connectivity index (χ0v) is 14.0. The predicted molar refractivity (Wildman–Crippen MR) is 85.5 cm³/mol. The fourth-order valence-electron chi connectivity index (χ4n) is 3.47. The first-order chi connectivity index (χ1) is 11.2. The van der Waals surface area contributed by atoms with Gasteiger partial charge < -0.3 is 4.74 Å². The molecule has 126 valence electrons. The zero-order valence-electron chi connectivity index (χ0n) is 14.0. The molecule has 0 N–H and O–H groups in total. The number of hydrogen-bond donors (Lipinski definition) is 0. The molecule has 0 saturated carbocycles. The highest BCUT2D eigenvalue weighted by Crippen LogP contribution is 2.44. The monoisotopic (exact) mass is 329 g/mol. The van der Waals surface area contributed by atoms with E-state index in [-0.39, 0.29) is 18.2 Å². The Labute approximate surface area is 140 Å². The smallest absolute Gasteiger partial charge is 0.411 e. The van der Waals surface area contributed by atoms with Crippen molar-refractivity contribution in [2.45, 2.75) is 56.7 Å². The van der Waals surface area contributed by atoms with Gasteiger partial charge in [0.15, 0.2) is 0 Å². The molecule has 1 amide bonds. The number of pyridine rings is 1. The molecule has 2 bridgehead atoms. The Morgan fingerprint density at radius 3 is 2.50 bits per heavy atom. The van der Waals surface area contributed by atoms with Crippen molar-refractivity contribution in [1.29, 1.82) is 5.26 Å². The lowest BCUT2D eigenvalue weighted by Crippen LogP contribution is -2.53. The van der Waals surface area contributed by atoms with Crippen molar-refractivity contribution in [3.8, 4) is 6.07 Å². The Morgan fingerprint density at radius 1 is 1.38 bits per heavy atom. The van der Waals surface area contributed by atoms with Gasteiger partial charge in [-0.2, -0.15) is 5.26 Å². The molecule has 3 atom stereocenters. The minimum atomic E-state index is -0.855. The van der Waals surface area contributed by atoms with Crippen LogP contribution in [0.2, 0.25) is 0 Å². The maximum atomic E-state index is 13.6. The summed E-state index contributed by atoms with van der Waals surface area (Å²) in [5, 5.41) is 9.80. The standard InChI is InChI=1S/C18H20FN3O2/c1-17(2,3)24-16(23)22-14-4-5-15(22)8-18(7-14,11-20)12-6-13(19)10-21-9-12/h4-6,9-10,14-15H,7-8H2,1-3H3/t14-,15+,18-. The average molecular weight is 329 g/mol. The van der Waals surface area contributed by atoms with Crippen molar-refractivity contribution < 1.29 is 13.9 Å². The number of nitriles is 1. The molecule has 6 heteroatoms. The van der Waals surface area contributed by atoms with E-state index in [4.69, 9.17) is 4.74 Å². The van der Waals surface area contributed by atoms with E-state index in [9.17, 15) is 14.4 Å². The molecule has 0 unspecified atom stereocenters. The van der Waals surface area contributed by atoms with Gasteiger partial charge in [0.25, 0.3) is 0 Å². The van der Waals surface area contributed by atoms with E-state index in [0.29, 0.717) is 18.4 Å². The minimum Gasteiger partial charge on any atom is -0.444 e. The van der Waals surface area contributed by atoms with Gasteiger partial charge in [-0.05, 0) is 45.2 Å². The van der Waals surface area contributed by atoms with Crippen molar-refractivity contribution in [3.05, 3.63) is 42.0 Å². The summed E-state index contributed by atoms with van der Waals surface area (Å²) < 4.78 is 19.0. The Balaban J connectivity index is 1.87. The van der Waals surface area contributed by atoms with Gasteiger partial charge in [-0.25, -0.2) is 9.18 Å². The normalized spacial score (nSPS) is 28.5. The van der Waals surface area contributed by atoms with Crippen LogP contribution in [-0.2, 0) is 10.2 Å². The third kappa shape index (κ3) is 2.86. The van der Waals surface area contributed by atoms with Crippen LogP contribution in [0, 0.1) is 17.1 Å². The van der Waals surface area contributed by atoms with Gasteiger partial charge in [0.05, 0.1) is 29.8 Å². The third-order valence-electron chi connectivity index (χ3n) is 4.46. The molecule has 1 aromatic heterocycles. The number of rotatable bonds is 1. The molecule has 2 aliphatic rings. The van der Waals surface area contributed by atoms with Crippen molar-refractivity contribution in [2.24, 2.45) is 0 Å². The summed E-state index contributed by atoms with van der Waals surface area (Å²) in [4.78, 5) is 18.0. The summed E-state index contributed by atoms with van der Waals surface area (Å²) in [6.45, 7) is 5.46. The van der Waals surface area contributed by atoms with Crippen LogP contribution < -0.4 is 0 Å². The molecule has 0 aliphatic carbocycles. The first-order valence-corrected chi connectivity index (χ1v) is 7.96. The van der Waals surface area contributed by atoms with E-state index in [2.05, 4.69) is 11.1 Å². The molecule has 1 saturated heterocycles. The summed E-state index contributed by atoms with van der Waals surface area (Å²) in [7, 11) is 0. The van der Waals surface area contributed by atoms with Crippen molar-refractivity contribution >= 4 is 6.09 Å². The number of carbonyl (C=O) groups excluding carboxylic acids is 1. The second-order valence-electron chi connectivity index (χ2n) is 7.40. The number of piperidine rings is 1. The highest BCUT2D eigenvalue weighted by atomic mass is 19.1. The Bertz CT molecular complexity index is 717. The van der Waals surface area contributed by atoms with E-state index >= 15 is 0 Å². The Kier molecular flexibility index (Phi) is 3.83. The Morgan fingerprint density at radius 2 is 2.00 bits per heavy atom. The largest absolute Gasteiger partial charge is 0.444 e. The van der Waals surface area contributed by atoms with Crippen LogP contribution in [0.4, 0.5) is 9.18 Å². The van der Waals surface area contributed by atoms with Crippen LogP contribution in [0.3, 0.4) is 0 Å². The lowest BCUT2D eigenvalue weighted by atomic mass is 9.71. The van der Waals surface area contributed by atoms with Gasteiger partial charge >= 0.3 is 6.09 Å². The van der Waals surface area contributed by atoms with E-state index in [1.165, 1.54) is 12.3 Å². The summed E-state index contributed by atoms with van der Waals surface area (Å²) in [6.07, 6.45) is 6.95. The van der Waals surface area contributed by atoms with Gasteiger partial charge in [-0.1, -0.05) is 12.2 Å². The lowest BCUT2D eigenvalue weighted by Gasteiger charge is -2.43. The summed E-state index contributed by atoms with van der Waals surface area (Å²) in [5.41, 5.74) is -0.869. The van der Waals surface area contributed by atoms with E-state index < -0.39 is 16.8 Å². The number of amides is 1. The second-order valence-corrected chi connectivity index (χ2v) is 7.40. The second kappa shape index (κ2) is 5.59. The van der Waals surface area contributed by atoms with Crippen LogP contribution in [0.5, 0.6) is 0 Å². The number of nitrogens with zero attached hydrogens (tertiary/aromatic N) is 3. The molecule has 5 nitrogen and oxygen atoms in total. The maximum absolute atomic E-state index is 13.6. The number of aromatic nitrogens is 1. The van der Waals surface area contributed by atoms with E-state index in [0.717, 1.165) is 6.20 Å². The first-order valence-electron chi connectivity index (χ1n) is 7.96. The fraction of sp³-hybridized carbons (Fsp3) is 0.500. The third-order valence-corrected chi connectivity index (χ3v) is 4.46. The minimum absolute atomic E-state index is 0.235. The molecule has 1 aromatic rings. The zero-order chi connectivity index (χ0) is 17.5. The van der Waals surface area contributed by atoms with Crippen molar-refractivity contribution in [2.75, 3.05) is 0 Å². The van der Waals surface area contributed by atoms with E-state index in [1.54, 1.807) is 4.90 Å². The maximum Gasteiger partial charge on any atom is 0.411 e. The summed E-state index contributed by atoms with van der Waals surface area (Å²) >= 11 is 0. The number of fused-ring (bicyclic) bond motifs is 2. The number of halogens is 1. The van der Waals surface area contributed by atoms with Gasteiger partial charge in [0.2, 0.25) is 0 Å². The molecular formula is C18H20FN3O2. The molecule has 1 fully saturated rings. The van der Waals surface area contributed by atoms with Crippen LogP contribution in [0.25, 0.3) is 0 Å². The lowest BCUT2D eigenvalue weighted by molar-refractivity contribution is 0.00560. The van der Waals surface area contributed by atoms with Crippen molar-refractivity contribution in [3.63, 3.8) is 0 Å². The quantitative estimate of drug-likeness (QED) is 0.741. The Hall–Kier alpha value is -2.42. The van der Waals surface area contributed by atoms with Crippen LogP contribution in [-0.4, -0.2) is 33.7 Å². The molecule has 3 rings (SSSR count). The number of ether oxygens (including phenoxy) is 1. The summed E-state index contributed by atoms with van der Waals surface area (Å²) in [6, 6.07) is 3.23. The molecule has 2 aliphatic heterocycles. The molecule has 0 radical (unpaired) electrons. The molecular weight excluding hydrogens is 309 g/mol. The topological polar surface area (TPSA) is 66.2 Å². The van der Waals surface area contributed by atoms with E-state index in [1.807, 2.05) is 32.9 Å². The first kappa shape index (κ1) is 16.4. The summed E-state index contributed by atoms with van der Waals surface area (Å²) in [5.74, 6) is -0.461. The molecule has 24 heavy (non-hydrogen) atoms. The molecule has 3 heterocycles. The van der Waals surface area contributed by atoms with Crippen LogP contribution in [0.1, 0.15) is 39.2 Å². The SMILES string of the molecule is CC(C)(C)OC(=O)N1[C@@H]2C=C[C@H]1C[C@](C#N)(c1cncc(F)c1)C2. The van der Waals surface area contributed by atoms with Gasteiger partial charge in [-0.15, -0.1) is 0 Å². The number of hydrogen-bond acceptors (Lipinski definition) is 4. The highest BCUT2D eigenvalue weighted by molar-refractivity contribution is 5.71. The average Bonchev–Trinajstić information content (AvgIpc) is 2.77. The van der Waals surface area contributed by atoms with Gasteiger partial charge in [0.1, 0.15) is 11.4 Å².